The molecule has 0 unspecified atom stereocenters. The highest BCUT2D eigenvalue weighted by Gasteiger charge is 2.30. The van der Waals surface area contributed by atoms with Gasteiger partial charge in [0.15, 0.2) is 23.3 Å². The van der Waals surface area contributed by atoms with Gasteiger partial charge < -0.3 is 4.74 Å². The molecule has 6 heteroatoms. The molecule has 0 fully saturated rings. The van der Waals surface area contributed by atoms with E-state index < -0.39 is 34.4 Å². The summed E-state index contributed by atoms with van der Waals surface area (Å²) in [5.74, 6) is -5.68. The Morgan fingerprint density at radius 3 is 2.20 bits per heavy atom. The van der Waals surface area contributed by atoms with Crippen molar-refractivity contribution in [1.82, 2.24) is 0 Å². The van der Waals surface area contributed by atoms with Gasteiger partial charge in [0.2, 0.25) is 0 Å². The van der Waals surface area contributed by atoms with E-state index in [9.17, 15) is 22.4 Å². The molecule has 3 rings (SSSR count). The summed E-state index contributed by atoms with van der Waals surface area (Å²) in [5, 5.41) is 0. The Labute approximate surface area is 141 Å². The van der Waals surface area contributed by atoms with E-state index in [0.717, 1.165) is 0 Å². The van der Waals surface area contributed by atoms with Gasteiger partial charge in [-0.05, 0) is 48.1 Å². The van der Waals surface area contributed by atoms with Gasteiger partial charge in [-0.2, -0.15) is 0 Å². The van der Waals surface area contributed by atoms with Crippen molar-refractivity contribution in [1.29, 1.82) is 0 Å². The molecular formula is C19H14F4O2. The van der Waals surface area contributed by atoms with E-state index in [4.69, 9.17) is 4.74 Å². The zero-order chi connectivity index (χ0) is 18.1. The average molecular weight is 350 g/mol. The van der Waals surface area contributed by atoms with Crippen LogP contribution in [0.3, 0.4) is 0 Å². The third-order valence-corrected chi connectivity index (χ3v) is 4.33. The molecule has 2 nitrogen and oxygen atoms in total. The first-order valence-corrected chi connectivity index (χ1v) is 7.67. The Kier molecular flexibility index (Phi) is 4.61. The van der Waals surface area contributed by atoms with E-state index in [1.807, 2.05) is 0 Å². The summed E-state index contributed by atoms with van der Waals surface area (Å²) in [6, 6.07) is 5.61. The summed E-state index contributed by atoms with van der Waals surface area (Å²) in [4.78, 5) is 11.0. The summed E-state index contributed by atoms with van der Waals surface area (Å²) >= 11 is 0. The number of hydrogen-bond donors (Lipinski definition) is 0. The second-order valence-electron chi connectivity index (χ2n) is 5.71. The number of methoxy groups -OCH3 is 1. The molecule has 130 valence electrons. The first kappa shape index (κ1) is 17.2. The third-order valence-electron chi connectivity index (χ3n) is 4.33. The average Bonchev–Trinajstić information content (AvgIpc) is 3.09. The number of ether oxygens (including phenoxy) is 1. The second kappa shape index (κ2) is 6.70. The summed E-state index contributed by atoms with van der Waals surface area (Å²) < 4.78 is 63.3. The minimum atomic E-state index is -1.49. The molecule has 0 radical (unpaired) electrons. The summed E-state index contributed by atoms with van der Waals surface area (Å²) in [7, 11) is 1.36. The van der Waals surface area contributed by atoms with Crippen LogP contribution < -0.4 is 4.74 Å². The monoisotopic (exact) mass is 350 g/mol. The summed E-state index contributed by atoms with van der Waals surface area (Å²) in [6.45, 7) is 0. The van der Waals surface area contributed by atoms with Crippen molar-refractivity contribution in [3.05, 3.63) is 58.7 Å². The molecule has 2 aromatic rings. The van der Waals surface area contributed by atoms with Crippen molar-refractivity contribution in [2.24, 2.45) is 0 Å². The van der Waals surface area contributed by atoms with Crippen molar-refractivity contribution in [3.8, 4) is 16.9 Å². The van der Waals surface area contributed by atoms with E-state index in [2.05, 4.69) is 0 Å². The van der Waals surface area contributed by atoms with E-state index in [1.165, 1.54) is 25.3 Å². The molecule has 0 aromatic heterocycles. The molecule has 0 N–H and O–H groups in total. The van der Waals surface area contributed by atoms with Gasteiger partial charge in [-0.25, -0.2) is 17.6 Å². The van der Waals surface area contributed by atoms with Crippen LogP contribution in [0.2, 0.25) is 0 Å². The fourth-order valence-corrected chi connectivity index (χ4v) is 3.11. The molecule has 0 atom stereocenters. The van der Waals surface area contributed by atoms with Crippen LogP contribution in [0.15, 0.2) is 29.8 Å². The minimum Gasteiger partial charge on any atom is -0.497 e. The molecule has 0 saturated heterocycles. The molecule has 0 saturated carbocycles. The fraction of sp³-hybridized carbons (Fsp3) is 0.211. The molecular weight excluding hydrogens is 336 g/mol. The number of rotatable bonds is 4. The van der Waals surface area contributed by atoms with Gasteiger partial charge in [-0.3, -0.25) is 4.79 Å². The van der Waals surface area contributed by atoms with Gasteiger partial charge in [0, 0.05) is 0 Å². The predicted molar refractivity (Wildman–Crippen MR) is 85.1 cm³/mol. The van der Waals surface area contributed by atoms with E-state index in [0.29, 0.717) is 24.9 Å². The van der Waals surface area contributed by atoms with Crippen LogP contribution in [0, 0.1) is 23.3 Å². The molecule has 2 aromatic carbocycles. The van der Waals surface area contributed by atoms with Crippen LogP contribution in [0.1, 0.15) is 24.8 Å². The Morgan fingerprint density at radius 2 is 1.60 bits per heavy atom. The molecule has 0 aliphatic heterocycles. The smallest absolute Gasteiger partial charge is 0.170 e. The highest BCUT2D eigenvalue weighted by atomic mass is 19.2. The van der Waals surface area contributed by atoms with Gasteiger partial charge in [-0.15, -0.1) is 0 Å². The summed E-state index contributed by atoms with van der Waals surface area (Å²) in [5.41, 5.74) is -1.44. The summed E-state index contributed by atoms with van der Waals surface area (Å²) in [6.07, 6.45) is 1.51. The van der Waals surface area contributed by atoms with Gasteiger partial charge in [0.25, 0.3) is 0 Å². The molecule has 0 amide bonds. The lowest BCUT2D eigenvalue weighted by Gasteiger charge is -2.14. The molecule has 0 heterocycles. The van der Waals surface area contributed by atoms with Crippen LogP contribution in [-0.2, 0) is 4.79 Å². The highest BCUT2D eigenvalue weighted by molar-refractivity contribution is 5.90. The van der Waals surface area contributed by atoms with E-state index in [-0.39, 0.29) is 23.1 Å². The Hall–Kier alpha value is -2.63. The quantitative estimate of drug-likeness (QED) is 0.438. The molecule has 1 aliphatic carbocycles. The first-order valence-electron chi connectivity index (χ1n) is 7.67. The van der Waals surface area contributed by atoms with Crippen molar-refractivity contribution in [2.75, 3.05) is 7.11 Å². The fourth-order valence-electron chi connectivity index (χ4n) is 3.11. The lowest BCUT2D eigenvalue weighted by atomic mass is 9.95. The van der Waals surface area contributed by atoms with Crippen LogP contribution >= 0.6 is 0 Å². The van der Waals surface area contributed by atoms with Crippen molar-refractivity contribution >= 4 is 11.9 Å². The van der Waals surface area contributed by atoms with Crippen molar-refractivity contribution in [2.45, 2.75) is 19.3 Å². The maximum atomic E-state index is 14.6. The Morgan fingerprint density at radius 1 is 0.960 bits per heavy atom. The van der Waals surface area contributed by atoms with Gasteiger partial charge in [0.1, 0.15) is 12.0 Å². The third kappa shape index (κ3) is 2.81. The second-order valence-corrected chi connectivity index (χ2v) is 5.71. The van der Waals surface area contributed by atoms with E-state index >= 15 is 0 Å². The Bertz CT molecular complexity index is 858. The zero-order valence-electron chi connectivity index (χ0n) is 13.3. The topological polar surface area (TPSA) is 26.3 Å². The number of halogens is 4. The Balaban J connectivity index is 2.26. The first-order chi connectivity index (χ1) is 12.0. The largest absolute Gasteiger partial charge is 0.497 e. The van der Waals surface area contributed by atoms with Gasteiger partial charge in [0.05, 0.1) is 18.2 Å². The van der Waals surface area contributed by atoms with Crippen molar-refractivity contribution in [3.63, 3.8) is 0 Å². The van der Waals surface area contributed by atoms with Crippen LogP contribution in [0.4, 0.5) is 17.6 Å². The van der Waals surface area contributed by atoms with Gasteiger partial charge >= 0.3 is 0 Å². The maximum Gasteiger partial charge on any atom is 0.170 e. The van der Waals surface area contributed by atoms with E-state index in [1.54, 1.807) is 6.07 Å². The number of aldehydes is 1. The zero-order valence-corrected chi connectivity index (χ0v) is 13.3. The predicted octanol–water partition coefficient (Wildman–Crippen LogP) is 5.06. The van der Waals surface area contributed by atoms with Crippen LogP contribution in [-0.4, -0.2) is 13.4 Å². The molecule has 0 bridgehead atoms. The van der Waals surface area contributed by atoms with Crippen LogP contribution in [0.5, 0.6) is 5.75 Å². The number of benzene rings is 2. The highest BCUT2D eigenvalue weighted by Crippen LogP contribution is 2.40. The number of carbonyl (C=O) groups is 1. The molecule has 25 heavy (non-hydrogen) atoms. The number of hydrogen-bond acceptors (Lipinski definition) is 2. The molecule has 0 spiro atoms. The van der Waals surface area contributed by atoms with Crippen LogP contribution in [0.25, 0.3) is 16.7 Å². The standard InChI is InChI=1S/C19H14F4O2/c1-25-12-6-2-4-10(8-12)14-16(20)18(22)15(19(23)17(14)21)13-7-3-5-11(13)9-24/h2,4,6,8-9H,3,5,7H2,1H3. The number of carbonyl (C=O) groups excluding carboxylic acids is 1. The maximum absolute atomic E-state index is 14.6. The van der Waals surface area contributed by atoms with Gasteiger partial charge in [-0.1, -0.05) is 12.1 Å². The lowest BCUT2D eigenvalue weighted by Crippen LogP contribution is -2.06. The molecule has 1 aliphatic rings. The SMILES string of the molecule is COc1cccc(-c2c(F)c(F)c(C3=C(C=O)CCC3)c(F)c2F)c1. The van der Waals surface area contributed by atoms with Crippen molar-refractivity contribution < 1.29 is 27.1 Å². The minimum absolute atomic E-state index is 0.0278. The number of allylic oxidation sites excluding steroid dienone is 2. The normalized spacial score (nSPS) is 14.1. The lowest BCUT2D eigenvalue weighted by molar-refractivity contribution is -0.104.